The van der Waals surface area contributed by atoms with Gasteiger partial charge in [0.15, 0.2) is 11.8 Å². The minimum atomic E-state index is 0.0852. The Morgan fingerprint density at radius 1 is 1.22 bits per heavy atom. The highest BCUT2D eigenvalue weighted by Crippen LogP contribution is 2.18. The van der Waals surface area contributed by atoms with E-state index in [1.54, 1.807) is 0 Å². The summed E-state index contributed by atoms with van der Waals surface area (Å²) in [6.45, 7) is 5.47. The molecule has 7 heteroatoms. The van der Waals surface area contributed by atoms with Crippen LogP contribution in [0.25, 0.3) is 11.4 Å². The number of aliphatic imine (C=N–C) groups is 1. The van der Waals surface area contributed by atoms with Crippen molar-refractivity contribution in [2.24, 2.45) is 4.99 Å². The third-order valence-corrected chi connectivity index (χ3v) is 4.32. The number of aromatic amines is 1. The lowest BCUT2D eigenvalue weighted by molar-refractivity contribution is 0.686. The first kappa shape index (κ1) is 18.9. The van der Waals surface area contributed by atoms with E-state index in [0.717, 1.165) is 40.0 Å². The molecule has 0 fully saturated rings. The highest BCUT2D eigenvalue weighted by molar-refractivity contribution is 6.30. The molecule has 0 radical (unpaired) electrons. The lowest BCUT2D eigenvalue weighted by Gasteiger charge is -2.18. The Morgan fingerprint density at radius 2 is 2.07 bits per heavy atom. The third-order valence-electron chi connectivity index (χ3n) is 4.08. The Labute approximate surface area is 164 Å². The maximum atomic E-state index is 6.10. The van der Waals surface area contributed by atoms with Crippen LogP contribution in [0.4, 0.5) is 0 Å². The van der Waals surface area contributed by atoms with Crippen molar-refractivity contribution in [3.8, 4) is 11.4 Å². The van der Waals surface area contributed by atoms with Gasteiger partial charge in [-0.3, -0.25) is 5.10 Å². The largest absolute Gasteiger partial charge is 0.357 e. The van der Waals surface area contributed by atoms with Crippen LogP contribution in [0.2, 0.25) is 5.02 Å². The van der Waals surface area contributed by atoms with E-state index in [2.05, 4.69) is 38.8 Å². The third kappa shape index (κ3) is 5.31. The molecule has 2 aromatic carbocycles. The van der Waals surface area contributed by atoms with Gasteiger partial charge in [-0.25, -0.2) is 9.98 Å². The minimum Gasteiger partial charge on any atom is -0.357 e. The van der Waals surface area contributed by atoms with Gasteiger partial charge in [0, 0.05) is 17.1 Å². The van der Waals surface area contributed by atoms with Crippen LogP contribution in [0.15, 0.2) is 59.9 Å². The zero-order valence-electron chi connectivity index (χ0n) is 15.4. The number of nitrogens with zero attached hydrogens (tertiary/aromatic N) is 3. The van der Waals surface area contributed by atoms with E-state index in [9.17, 15) is 0 Å². The van der Waals surface area contributed by atoms with Crippen LogP contribution >= 0.6 is 11.6 Å². The molecule has 0 aliphatic rings. The lowest BCUT2D eigenvalue weighted by atomic mass is 10.1. The zero-order valence-corrected chi connectivity index (χ0v) is 16.2. The van der Waals surface area contributed by atoms with E-state index < -0.39 is 0 Å². The number of nitrogens with one attached hydrogen (secondary N) is 3. The maximum absolute atomic E-state index is 6.10. The predicted molar refractivity (Wildman–Crippen MR) is 110 cm³/mol. The molecule has 0 amide bonds. The summed E-state index contributed by atoms with van der Waals surface area (Å²) in [4.78, 5) is 8.90. The number of hydrogen-bond acceptors (Lipinski definition) is 3. The van der Waals surface area contributed by atoms with Gasteiger partial charge in [0.1, 0.15) is 6.33 Å². The van der Waals surface area contributed by atoms with Crippen LogP contribution in [-0.4, -0.2) is 27.7 Å². The second-order valence-electron chi connectivity index (χ2n) is 6.15. The maximum Gasteiger partial charge on any atom is 0.192 e. The van der Waals surface area contributed by atoms with Gasteiger partial charge in [-0.2, -0.15) is 5.10 Å². The van der Waals surface area contributed by atoms with Gasteiger partial charge in [-0.05, 0) is 43.2 Å². The molecule has 27 heavy (non-hydrogen) atoms. The standard InChI is InChI=1S/C20H23ClN6/c1-3-22-20(26-14(2)16-7-5-9-18(21)11-16)23-12-15-6-4-8-17(10-15)19-24-13-25-27-19/h4-11,13-14H,3,12H2,1-2H3,(H2,22,23,26)(H,24,25,27). The van der Waals surface area contributed by atoms with Crippen LogP contribution in [0.3, 0.4) is 0 Å². The number of halogens is 1. The van der Waals surface area contributed by atoms with Gasteiger partial charge >= 0.3 is 0 Å². The molecule has 6 nitrogen and oxygen atoms in total. The Bertz CT molecular complexity index is 891. The molecule has 1 unspecified atom stereocenters. The minimum absolute atomic E-state index is 0.0852. The second kappa shape index (κ2) is 9.19. The summed E-state index contributed by atoms with van der Waals surface area (Å²) in [5.74, 6) is 1.51. The second-order valence-corrected chi connectivity index (χ2v) is 6.59. The monoisotopic (exact) mass is 382 g/mol. The summed E-state index contributed by atoms with van der Waals surface area (Å²) in [7, 11) is 0. The van der Waals surface area contributed by atoms with Crippen molar-refractivity contribution in [1.82, 2.24) is 25.8 Å². The summed E-state index contributed by atoms with van der Waals surface area (Å²) >= 11 is 6.10. The zero-order chi connectivity index (χ0) is 19.1. The van der Waals surface area contributed by atoms with Gasteiger partial charge in [0.05, 0.1) is 12.6 Å². The quantitative estimate of drug-likeness (QED) is 0.445. The van der Waals surface area contributed by atoms with Crippen LogP contribution in [0.5, 0.6) is 0 Å². The average molecular weight is 383 g/mol. The van der Waals surface area contributed by atoms with E-state index >= 15 is 0 Å². The van der Waals surface area contributed by atoms with Crippen molar-refractivity contribution >= 4 is 17.6 Å². The van der Waals surface area contributed by atoms with Crippen molar-refractivity contribution < 1.29 is 0 Å². The highest BCUT2D eigenvalue weighted by Gasteiger charge is 2.08. The van der Waals surface area contributed by atoms with E-state index in [1.807, 2.05) is 49.4 Å². The first-order valence-corrected chi connectivity index (χ1v) is 9.28. The molecule has 1 atom stereocenters. The van der Waals surface area contributed by atoms with E-state index in [0.29, 0.717) is 6.54 Å². The van der Waals surface area contributed by atoms with Gasteiger partial charge in [0.25, 0.3) is 0 Å². The van der Waals surface area contributed by atoms with Gasteiger partial charge in [-0.1, -0.05) is 41.9 Å². The van der Waals surface area contributed by atoms with Crippen molar-refractivity contribution in [3.05, 3.63) is 71.0 Å². The summed E-state index contributed by atoms with van der Waals surface area (Å²) in [5, 5.41) is 14.2. The summed E-state index contributed by atoms with van der Waals surface area (Å²) in [6.07, 6.45) is 1.50. The fraction of sp³-hybridized carbons (Fsp3) is 0.250. The number of rotatable bonds is 6. The average Bonchev–Trinajstić information content (AvgIpc) is 3.21. The molecule has 0 aliphatic carbocycles. The fourth-order valence-electron chi connectivity index (χ4n) is 2.72. The topological polar surface area (TPSA) is 78.0 Å². The first-order chi connectivity index (χ1) is 13.2. The Hall–Kier alpha value is -2.86. The van der Waals surface area contributed by atoms with Crippen LogP contribution in [0, 0.1) is 0 Å². The first-order valence-electron chi connectivity index (χ1n) is 8.90. The Morgan fingerprint density at radius 3 is 2.81 bits per heavy atom. The summed E-state index contributed by atoms with van der Waals surface area (Å²) < 4.78 is 0. The molecule has 140 valence electrons. The lowest BCUT2D eigenvalue weighted by Crippen LogP contribution is -2.38. The predicted octanol–water partition coefficient (Wildman–Crippen LogP) is 3.94. The van der Waals surface area contributed by atoms with Crippen LogP contribution in [-0.2, 0) is 6.54 Å². The van der Waals surface area contributed by atoms with Crippen molar-refractivity contribution in [1.29, 1.82) is 0 Å². The molecule has 3 N–H and O–H groups in total. The Kier molecular flexibility index (Phi) is 6.44. The molecular weight excluding hydrogens is 360 g/mol. The SMILES string of the molecule is CCNC(=NCc1cccc(-c2ncn[nH]2)c1)NC(C)c1cccc(Cl)c1. The van der Waals surface area contributed by atoms with Crippen LogP contribution < -0.4 is 10.6 Å². The molecule has 1 aromatic heterocycles. The van der Waals surface area contributed by atoms with E-state index in [-0.39, 0.29) is 6.04 Å². The number of hydrogen-bond donors (Lipinski definition) is 3. The molecular formula is C20H23ClN6. The van der Waals surface area contributed by atoms with E-state index in [4.69, 9.17) is 16.6 Å². The molecule has 1 heterocycles. The van der Waals surface area contributed by atoms with Crippen molar-refractivity contribution in [3.63, 3.8) is 0 Å². The summed E-state index contributed by atoms with van der Waals surface area (Å²) in [5.41, 5.74) is 3.20. The fourth-order valence-corrected chi connectivity index (χ4v) is 2.91. The van der Waals surface area contributed by atoms with Crippen LogP contribution in [0.1, 0.15) is 31.0 Å². The van der Waals surface area contributed by atoms with Gasteiger partial charge < -0.3 is 10.6 Å². The highest BCUT2D eigenvalue weighted by atomic mass is 35.5. The Balaban J connectivity index is 1.71. The molecule has 3 aromatic rings. The molecule has 0 saturated carbocycles. The van der Waals surface area contributed by atoms with E-state index in [1.165, 1.54) is 6.33 Å². The smallest absolute Gasteiger partial charge is 0.192 e. The summed E-state index contributed by atoms with van der Waals surface area (Å²) in [6, 6.07) is 16.0. The molecule has 3 rings (SSSR count). The number of aromatic nitrogens is 3. The number of H-pyrrole nitrogens is 1. The van der Waals surface area contributed by atoms with Crippen molar-refractivity contribution in [2.45, 2.75) is 26.4 Å². The molecule has 0 aliphatic heterocycles. The number of guanidine groups is 1. The molecule has 0 bridgehead atoms. The van der Waals surface area contributed by atoms with Gasteiger partial charge in [-0.15, -0.1) is 0 Å². The molecule has 0 saturated heterocycles. The molecule has 0 spiro atoms. The number of benzene rings is 2. The van der Waals surface area contributed by atoms with Gasteiger partial charge in [0.2, 0.25) is 0 Å². The van der Waals surface area contributed by atoms with Crippen molar-refractivity contribution in [2.75, 3.05) is 6.54 Å². The normalized spacial score (nSPS) is 12.6.